The summed E-state index contributed by atoms with van der Waals surface area (Å²) >= 11 is 1.74. The van der Waals surface area contributed by atoms with Crippen molar-refractivity contribution in [1.29, 1.82) is 0 Å². The molecule has 140 valence electrons. The number of thioether (sulfide) groups is 1. The Hall–Kier alpha value is -2.65. The number of benzene rings is 3. The SMILES string of the molecule is O=C(c1ccccc1)C1CSC(c2ccccc2)C(C(=O)c2ccccc2)C1. The molecule has 0 amide bonds. The predicted octanol–water partition coefficient (Wildman–Crippen LogP) is 5.86. The topological polar surface area (TPSA) is 34.1 Å². The minimum absolute atomic E-state index is 0.0775. The summed E-state index contributed by atoms with van der Waals surface area (Å²) in [5.41, 5.74) is 2.62. The first-order valence-electron chi connectivity index (χ1n) is 9.59. The van der Waals surface area contributed by atoms with Crippen molar-refractivity contribution >= 4 is 23.3 Å². The van der Waals surface area contributed by atoms with Crippen LogP contribution < -0.4 is 0 Å². The van der Waals surface area contributed by atoms with Gasteiger partial charge >= 0.3 is 0 Å². The number of carbonyl (C=O) groups is 2. The van der Waals surface area contributed by atoms with Gasteiger partial charge in [-0.15, -0.1) is 0 Å². The summed E-state index contributed by atoms with van der Waals surface area (Å²) in [5.74, 6) is 0.676. The fourth-order valence-electron chi connectivity index (χ4n) is 3.89. The number of rotatable bonds is 5. The van der Waals surface area contributed by atoms with E-state index in [4.69, 9.17) is 0 Å². The number of hydrogen-bond acceptors (Lipinski definition) is 3. The van der Waals surface area contributed by atoms with E-state index in [9.17, 15) is 9.59 Å². The van der Waals surface area contributed by atoms with E-state index in [0.717, 1.165) is 22.4 Å². The Morgan fingerprint density at radius 2 is 1.18 bits per heavy atom. The van der Waals surface area contributed by atoms with Crippen molar-refractivity contribution in [2.75, 3.05) is 5.75 Å². The maximum absolute atomic E-state index is 13.4. The van der Waals surface area contributed by atoms with Crippen LogP contribution in [0.1, 0.15) is 38.0 Å². The molecule has 0 aromatic heterocycles. The molecular formula is C25H22O2S. The summed E-state index contributed by atoms with van der Waals surface area (Å²) in [5, 5.41) is 0.0775. The molecule has 3 unspecified atom stereocenters. The molecule has 0 spiro atoms. The third-order valence-electron chi connectivity index (χ3n) is 5.33. The number of carbonyl (C=O) groups excluding carboxylic acids is 2. The van der Waals surface area contributed by atoms with Crippen LogP contribution in [0.2, 0.25) is 0 Å². The Morgan fingerprint density at radius 3 is 1.75 bits per heavy atom. The fourth-order valence-corrected chi connectivity index (χ4v) is 5.43. The molecule has 0 N–H and O–H groups in total. The minimum Gasteiger partial charge on any atom is -0.294 e. The van der Waals surface area contributed by atoms with Gasteiger partial charge in [-0.25, -0.2) is 0 Å². The highest BCUT2D eigenvalue weighted by Gasteiger charge is 2.39. The molecule has 0 radical (unpaired) electrons. The second-order valence-electron chi connectivity index (χ2n) is 7.16. The summed E-state index contributed by atoms with van der Waals surface area (Å²) in [6.07, 6.45) is 0.591. The smallest absolute Gasteiger partial charge is 0.167 e. The van der Waals surface area contributed by atoms with Crippen molar-refractivity contribution < 1.29 is 9.59 Å². The molecule has 4 rings (SSSR count). The molecule has 0 aliphatic carbocycles. The number of Topliss-reactive ketones (excluding diaryl/α,β-unsaturated/α-hetero) is 2. The lowest BCUT2D eigenvalue weighted by atomic mass is 9.81. The zero-order valence-corrected chi connectivity index (χ0v) is 16.3. The molecule has 1 fully saturated rings. The maximum atomic E-state index is 13.4. The van der Waals surface area contributed by atoms with Crippen molar-refractivity contribution in [3.8, 4) is 0 Å². The molecule has 2 nitrogen and oxygen atoms in total. The van der Waals surface area contributed by atoms with Crippen molar-refractivity contribution in [2.24, 2.45) is 11.8 Å². The third kappa shape index (κ3) is 3.95. The Bertz CT molecular complexity index is 938. The lowest BCUT2D eigenvalue weighted by molar-refractivity contribution is 0.0849. The highest BCUT2D eigenvalue weighted by Crippen LogP contribution is 2.46. The molecule has 0 saturated carbocycles. The van der Waals surface area contributed by atoms with Crippen LogP contribution in [0, 0.1) is 11.8 Å². The van der Waals surface area contributed by atoms with E-state index in [1.165, 1.54) is 0 Å². The van der Waals surface area contributed by atoms with Gasteiger partial charge in [-0.2, -0.15) is 11.8 Å². The normalized spacial score (nSPS) is 21.8. The lowest BCUT2D eigenvalue weighted by Gasteiger charge is -2.34. The first kappa shape index (κ1) is 18.7. The van der Waals surface area contributed by atoms with E-state index in [0.29, 0.717) is 6.42 Å². The summed E-state index contributed by atoms with van der Waals surface area (Å²) in [6, 6.07) is 29.1. The molecule has 0 bridgehead atoms. The van der Waals surface area contributed by atoms with Crippen LogP contribution >= 0.6 is 11.8 Å². The van der Waals surface area contributed by atoms with Crippen molar-refractivity contribution in [1.82, 2.24) is 0 Å². The van der Waals surface area contributed by atoms with Crippen LogP contribution in [-0.2, 0) is 0 Å². The van der Waals surface area contributed by atoms with Crippen LogP contribution in [0.4, 0.5) is 0 Å². The fraction of sp³-hybridized carbons (Fsp3) is 0.200. The van der Waals surface area contributed by atoms with Crippen molar-refractivity contribution in [2.45, 2.75) is 11.7 Å². The van der Waals surface area contributed by atoms with Gasteiger partial charge in [0.2, 0.25) is 0 Å². The number of ketones is 2. The summed E-state index contributed by atoms with van der Waals surface area (Å²) in [4.78, 5) is 26.4. The summed E-state index contributed by atoms with van der Waals surface area (Å²) in [7, 11) is 0. The van der Waals surface area contributed by atoms with E-state index in [-0.39, 0.29) is 28.7 Å². The largest absolute Gasteiger partial charge is 0.294 e. The molecule has 3 aromatic rings. The molecule has 28 heavy (non-hydrogen) atoms. The van der Waals surface area contributed by atoms with Gasteiger partial charge in [0.25, 0.3) is 0 Å². The van der Waals surface area contributed by atoms with Gasteiger partial charge in [0.1, 0.15) is 0 Å². The molecule has 1 aliphatic rings. The second-order valence-corrected chi connectivity index (χ2v) is 8.34. The van der Waals surface area contributed by atoms with Crippen molar-refractivity contribution in [3.63, 3.8) is 0 Å². The lowest BCUT2D eigenvalue weighted by Crippen LogP contribution is -2.33. The Balaban J connectivity index is 1.63. The molecular weight excluding hydrogens is 364 g/mol. The highest BCUT2D eigenvalue weighted by atomic mass is 32.2. The first-order chi connectivity index (χ1) is 13.7. The van der Waals surface area contributed by atoms with Gasteiger partial charge in [-0.1, -0.05) is 91.0 Å². The molecule has 3 atom stereocenters. The predicted molar refractivity (Wildman–Crippen MR) is 115 cm³/mol. The monoisotopic (exact) mass is 386 g/mol. The quantitative estimate of drug-likeness (QED) is 0.515. The summed E-state index contributed by atoms with van der Waals surface area (Å²) < 4.78 is 0. The van der Waals surface area contributed by atoms with Gasteiger partial charge in [0, 0.05) is 34.0 Å². The summed E-state index contributed by atoms with van der Waals surface area (Å²) in [6.45, 7) is 0. The molecule has 1 saturated heterocycles. The van der Waals surface area contributed by atoms with E-state index in [2.05, 4.69) is 12.1 Å². The molecule has 3 aromatic carbocycles. The van der Waals surface area contributed by atoms with Crippen LogP contribution in [0.15, 0.2) is 91.0 Å². The van der Waals surface area contributed by atoms with Gasteiger partial charge in [-0.05, 0) is 12.0 Å². The maximum Gasteiger partial charge on any atom is 0.167 e. The van der Waals surface area contributed by atoms with E-state index >= 15 is 0 Å². The van der Waals surface area contributed by atoms with Crippen LogP contribution in [0.25, 0.3) is 0 Å². The average molecular weight is 387 g/mol. The van der Waals surface area contributed by atoms with Crippen LogP contribution in [-0.4, -0.2) is 17.3 Å². The van der Waals surface area contributed by atoms with E-state index in [1.807, 2.05) is 78.9 Å². The highest BCUT2D eigenvalue weighted by molar-refractivity contribution is 7.99. The Morgan fingerprint density at radius 1 is 0.679 bits per heavy atom. The Labute approximate surface area is 170 Å². The first-order valence-corrected chi connectivity index (χ1v) is 10.6. The minimum atomic E-state index is -0.207. The van der Waals surface area contributed by atoms with E-state index in [1.54, 1.807) is 11.8 Å². The van der Waals surface area contributed by atoms with Crippen LogP contribution in [0.5, 0.6) is 0 Å². The molecule has 3 heteroatoms. The average Bonchev–Trinajstić information content (AvgIpc) is 2.79. The van der Waals surface area contributed by atoms with Crippen LogP contribution in [0.3, 0.4) is 0 Å². The molecule has 1 heterocycles. The van der Waals surface area contributed by atoms with Gasteiger partial charge in [0.15, 0.2) is 11.6 Å². The van der Waals surface area contributed by atoms with Crippen molar-refractivity contribution in [3.05, 3.63) is 108 Å². The standard InChI is InChI=1S/C25H22O2S/c26-23(18-10-4-1-5-11-18)21-16-22(24(27)19-12-6-2-7-13-19)25(28-17-21)20-14-8-3-9-15-20/h1-15,21-22,25H,16-17H2. The third-order valence-corrected chi connectivity index (χ3v) is 6.89. The van der Waals surface area contributed by atoms with Gasteiger partial charge < -0.3 is 0 Å². The second kappa shape index (κ2) is 8.57. The van der Waals surface area contributed by atoms with Gasteiger partial charge in [0.05, 0.1) is 0 Å². The zero-order chi connectivity index (χ0) is 19.3. The number of hydrogen-bond donors (Lipinski definition) is 0. The zero-order valence-electron chi connectivity index (χ0n) is 15.5. The van der Waals surface area contributed by atoms with E-state index < -0.39 is 0 Å². The Kier molecular flexibility index (Phi) is 5.73. The van der Waals surface area contributed by atoms with Gasteiger partial charge in [-0.3, -0.25) is 9.59 Å². The molecule has 1 aliphatic heterocycles.